The maximum absolute atomic E-state index is 13.0. The molecule has 0 unspecified atom stereocenters. The number of carbonyl (C=O) groups is 2. The quantitative estimate of drug-likeness (QED) is 0.488. The number of hydrogen-bond acceptors (Lipinski definition) is 3. The smallest absolute Gasteiger partial charge is 0.330 e. The number of methoxy groups -OCH3 is 1. The van der Waals surface area contributed by atoms with Gasteiger partial charge in [0.25, 0.3) is 5.91 Å². The Morgan fingerprint density at radius 2 is 1.72 bits per heavy atom. The van der Waals surface area contributed by atoms with Gasteiger partial charge in [-0.15, -0.1) is 0 Å². The molecule has 0 fully saturated rings. The number of carbonyl (C=O) groups excluding carboxylic acids is 2. The van der Waals surface area contributed by atoms with Crippen molar-refractivity contribution in [2.24, 2.45) is 0 Å². The molecule has 4 nitrogen and oxygen atoms in total. The maximum atomic E-state index is 13.0. The summed E-state index contributed by atoms with van der Waals surface area (Å²) in [5, 5.41) is 1.38. The molecule has 0 saturated carbocycles. The van der Waals surface area contributed by atoms with Gasteiger partial charge in [0.05, 0.1) is 28.2 Å². The van der Waals surface area contributed by atoms with E-state index < -0.39 is 5.97 Å². The van der Waals surface area contributed by atoms with Crippen molar-refractivity contribution in [1.82, 2.24) is 4.57 Å². The highest BCUT2D eigenvalue weighted by Crippen LogP contribution is 2.29. The zero-order chi connectivity index (χ0) is 18.0. The number of benzene rings is 2. The van der Waals surface area contributed by atoms with Gasteiger partial charge in [-0.2, -0.15) is 0 Å². The third-order valence-corrected chi connectivity index (χ3v) is 4.37. The summed E-state index contributed by atoms with van der Waals surface area (Å²) in [7, 11) is 1.30. The van der Waals surface area contributed by atoms with Gasteiger partial charge in [0.2, 0.25) is 0 Å². The average Bonchev–Trinajstić information content (AvgIpc) is 2.98. The zero-order valence-electron chi connectivity index (χ0n) is 13.2. The molecule has 0 bridgehead atoms. The van der Waals surface area contributed by atoms with Crippen LogP contribution in [-0.2, 0) is 9.53 Å². The van der Waals surface area contributed by atoms with E-state index in [9.17, 15) is 9.59 Å². The van der Waals surface area contributed by atoms with Crippen LogP contribution in [0.3, 0.4) is 0 Å². The highest BCUT2D eigenvalue weighted by molar-refractivity contribution is 6.40. The number of halogens is 2. The molecule has 0 radical (unpaired) electrons. The van der Waals surface area contributed by atoms with Crippen LogP contribution >= 0.6 is 23.2 Å². The van der Waals surface area contributed by atoms with E-state index in [0.717, 1.165) is 5.39 Å². The zero-order valence-corrected chi connectivity index (χ0v) is 14.7. The lowest BCUT2D eigenvalue weighted by Gasteiger charge is -2.07. The first kappa shape index (κ1) is 17.3. The largest absolute Gasteiger partial charge is 0.466 e. The molecule has 2 aromatic carbocycles. The van der Waals surface area contributed by atoms with Gasteiger partial charge in [-0.3, -0.25) is 9.36 Å². The van der Waals surface area contributed by atoms with Crippen LogP contribution in [-0.4, -0.2) is 23.6 Å². The molecule has 0 amide bonds. The first-order chi connectivity index (χ1) is 12.0. The van der Waals surface area contributed by atoms with E-state index in [2.05, 4.69) is 4.74 Å². The van der Waals surface area contributed by atoms with Crippen LogP contribution in [0.25, 0.3) is 17.0 Å². The molecular weight excluding hydrogens is 361 g/mol. The summed E-state index contributed by atoms with van der Waals surface area (Å²) in [5.74, 6) is -0.818. The standard InChI is InChI=1S/C19H13Cl2NO3/c1-25-17(23)10-9-12-11-22(16-8-3-2-5-13(12)16)19(24)18-14(20)6-4-7-15(18)21/h2-11H,1H3/b10-9+. The molecule has 1 heterocycles. The van der Waals surface area contributed by atoms with Gasteiger partial charge in [-0.1, -0.05) is 47.5 Å². The van der Waals surface area contributed by atoms with E-state index in [1.807, 2.05) is 24.3 Å². The predicted octanol–water partition coefficient (Wildman–Crippen LogP) is 4.82. The van der Waals surface area contributed by atoms with Crippen molar-refractivity contribution in [3.05, 3.63) is 75.9 Å². The van der Waals surface area contributed by atoms with Crippen LogP contribution in [0.2, 0.25) is 10.0 Å². The van der Waals surface area contributed by atoms with Crippen molar-refractivity contribution >= 4 is 52.1 Å². The third kappa shape index (κ3) is 3.31. The lowest BCUT2D eigenvalue weighted by atomic mass is 10.1. The van der Waals surface area contributed by atoms with Crippen LogP contribution in [0.1, 0.15) is 15.9 Å². The van der Waals surface area contributed by atoms with Crippen LogP contribution in [0.4, 0.5) is 0 Å². The number of hydrogen-bond donors (Lipinski definition) is 0. The fraction of sp³-hybridized carbons (Fsp3) is 0.0526. The van der Waals surface area contributed by atoms with E-state index in [1.54, 1.807) is 30.5 Å². The Balaban J connectivity index is 2.16. The molecule has 6 heteroatoms. The Morgan fingerprint density at radius 3 is 2.40 bits per heavy atom. The van der Waals surface area contributed by atoms with Gasteiger partial charge in [0.15, 0.2) is 0 Å². The molecule has 3 aromatic rings. The second kappa shape index (κ2) is 7.13. The Labute approximate surface area is 154 Å². The highest BCUT2D eigenvalue weighted by atomic mass is 35.5. The van der Waals surface area contributed by atoms with E-state index in [4.69, 9.17) is 23.2 Å². The lowest BCUT2D eigenvalue weighted by Crippen LogP contribution is -2.12. The molecule has 1 aromatic heterocycles. The maximum Gasteiger partial charge on any atom is 0.330 e. The van der Waals surface area contributed by atoms with Gasteiger partial charge in [-0.05, 0) is 24.3 Å². The molecular formula is C19H13Cl2NO3. The minimum absolute atomic E-state index is 0.232. The van der Waals surface area contributed by atoms with Crippen molar-refractivity contribution in [1.29, 1.82) is 0 Å². The number of aromatic nitrogens is 1. The molecule has 0 aliphatic rings. The van der Waals surface area contributed by atoms with Crippen LogP contribution in [0.5, 0.6) is 0 Å². The summed E-state index contributed by atoms with van der Waals surface area (Å²) in [6.45, 7) is 0. The molecule has 0 N–H and O–H groups in total. The molecule has 0 aliphatic heterocycles. The number of esters is 1. The predicted molar refractivity (Wildman–Crippen MR) is 99.2 cm³/mol. The van der Waals surface area contributed by atoms with Gasteiger partial charge in [0.1, 0.15) is 0 Å². The molecule has 0 saturated heterocycles. The first-order valence-electron chi connectivity index (χ1n) is 7.37. The number of para-hydroxylation sites is 1. The third-order valence-electron chi connectivity index (χ3n) is 3.74. The number of rotatable bonds is 3. The summed E-state index contributed by atoms with van der Waals surface area (Å²) in [6.07, 6.45) is 4.55. The monoisotopic (exact) mass is 373 g/mol. The fourth-order valence-corrected chi connectivity index (χ4v) is 3.11. The van der Waals surface area contributed by atoms with Gasteiger partial charge >= 0.3 is 5.97 Å². The topological polar surface area (TPSA) is 48.3 Å². The van der Waals surface area contributed by atoms with Crippen LogP contribution < -0.4 is 0 Å². The molecule has 25 heavy (non-hydrogen) atoms. The average molecular weight is 374 g/mol. The Morgan fingerprint density at radius 1 is 1.04 bits per heavy atom. The number of ether oxygens (including phenoxy) is 1. The minimum atomic E-state index is -0.475. The second-order valence-electron chi connectivity index (χ2n) is 5.23. The van der Waals surface area contributed by atoms with Gasteiger partial charge in [0, 0.05) is 23.2 Å². The summed E-state index contributed by atoms with van der Waals surface area (Å²) >= 11 is 12.3. The van der Waals surface area contributed by atoms with Gasteiger partial charge in [-0.25, -0.2) is 4.79 Å². The van der Waals surface area contributed by atoms with Crippen molar-refractivity contribution < 1.29 is 14.3 Å². The number of fused-ring (bicyclic) bond motifs is 1. The normalized spacial score (nSPS) is 11.2. The van der Waals surface area contributed by atoms with E-state index in [1.165, 1.54) is 17.8 Å². The molecule has 126 valence electrons. The van der Waals surface area contributed by atoms with Gasteiger partial charge < -0.3 is 4.74 Å². The Hall–Kier alpha value is -2.56. The summed E-state index contributed by atoms with van der Waals surface area (Å²) in [6, 6.07) is 12.3. The van der Waals surface area contributed by atoms with Crippen LogP contribution in [0.15, 0.2) is 54.7 Å². The SMILES string of the molecule is COC(=O)/C=C/c1cn(C(=O)c2c(Cl)cccc2Cl)c2ccccc12. The summed E-state index contributed by atoms with van der Waals surface area (Å²) < 4.78 is 6.08. The Bertz CT molecular complexity index is 985. The minimum Gasteiger partial charge on any atom is -0.466 e. The number of nitrogens with zero attached hydrogens (tertiary/aromatic N) is 1. The second-order valence-corrected chi connectivity index (χ2v) is 6.04. The van der Waals surface area contributed by atoms with Crippen molar-refractivity contribution in [2.75, 3.05) is 7.11 Å². The van der Waals surface area contributed by atoms with Crippen LogP contribution in [0, 0.1) is 0 Å². The molecule has 0 spiro atoms. The fourth-order valence-electron chi connectivity index (χ4n) is 2.56. The first-order valence-corrected chi connectivity index (χ1v) is 8.13. The van der Waals surface area contributed by atoms with E-state index in [0.29, 0.717) is 11.1 Å². The van der Waals surface area contributed by atoms with Crippen molar-refractivity contribution in [3.8, 4) is 0 Å². The molecule has 0 aliphatic carbocycles. The molecule has 0 atom stereocenters. The van der Waals surface area contributed by atoms with E-state index >= 15 is 0 Å². The molecule has 3 rings (SSSR count). The van der Waals surface area contributed by atoms with Crippen molar-refractivity contribution in [2.45, 2.75) is 0 Å². The van der Waals surface area contributed by atoms with E-state index in [-0.39, 0.29) is 21.5 Å². The van der Waals surface area contributed by atoms with Crippen molar-refractivity contribution in [3.63, 3.8) is 0 Å². The Kier molecular flexibility index (Phi) is 4.93. The lowest BCUT2D eigenvalue weighted by molar-refractivity contribution is -0.134. The highest BCUT2D eigenvalue weighted by Gasteiger charge is 2.19. The summed E-state index contributed by atoms with van der Waals surface area (Å²) in [5.41, 5.74) is 1.63. The summed E-state index contributed by atoms with van der Waals surface area (Å²) in [4.78, 5) is 24.3.